The highest BCUT2D eigenvalue weighted by Crippen LogP contribution is 2.35. The van der Waals surface area contributed by atoms with Crippen LogP contribution in [0.2, 0.25) is 0 Å². The van der Waals surface area contributed by atoms with Gasteiger partial charge < -0.3 is 0 Å². The lowest BCUT2D eigenvalue weighted by atomic mass is 9.91. The summed E-state index contributed by atoms with van der Waals surface area (Å²) in [5, 5.41) is 4.46. The number of hydrogen-bond acceptors (Lipinski definition) is 3. The second-order valence-electron chi connectivity index (χ2n) is 8.07. The van der Waals surface area contributed by atoms with E-state index in [1.54, 1.807) is 10.9 Å². The minimum absolute atomic E-state index is 0.167. The van der Waals surface area contributed by atoms with Crippen LogP contribution in [0.3, 0.4) is 0 Å². The molecule has 3 rings (SSSR count). The Balaban J connectivity index is 1.97. The third kappa shape index (κ3) is 3.95. The Morgan fingerprint density at radius 1 is 1.00 bits per heavy atom. The van der Waals surface area contributed by atoms with Crippen LogP contribution >= 0.6 is 0 Å². The van der Waals surface area contributed by atoms with E-state index in [4.69, 9.17) is 0 Å². The SMILES string of the molecule is Cc1nn(C(C)C)cc1S(=O)(=O)N(C1CCCCC1)C1CCCCC1. The molecule has 0 aromatic carbocycles. The first-order chi connectivity index (χ1) is 11.9. The van der Waals surface area contributed by atoms with Crippen molar-refractivity contribution in [3.63, 3.8) is 0 Å². The molecular formula is C19H33N3O2S. The van der Waals surface area contributed by atoms with E-state index < -0.39 is 10.0 Å². The van der Waals surface area contributed by atoms with Crippen LogP contribution in [0.5, 0.6) is 0 Å². The highest BCUT2D eigenvalue weighted by molar-refractivity contribution is 7.89. The van der Waals surface area contributed by atoms with Gasteiger partial charge in [0.05, 0.1) is 5.69 Å². The Morgan fingerprint density at radius 2 is 1.48 bits per heavy atom. The van der Waals surface area contributed by atoms with E-state index in [0.717, 1.165) is 51.4 Å². The van der Waals surface area contributed by atoms with Gasteiger partial charge in [-0.1, -0.05) is 38.5 Å². The molecule has 2 aliphatic rings. The molecule has 1 aromatic heterocycles. The molecule has 2 aliphatic carbocycles. The maximum atomic E-state index is 13.7. The van der Waals surface area contributed by atoms with Crippen LogP contribution in [0.4, 0.5) is 0 Å². The minimum Gasteiger partial charge on any atom is -0.269 e. The lowest BCUT2D eigenvalue weighted by molar-refractivity contribution is 0.169. The molecule has 142 valence electrons. The fourth-order valence-corrected chi connectivity index (χ4v) is 6.55. The fourth-order valence-electron chi connectivity index (χ4n) is 4.46. The summed E-state index contributed by atoms with van der Waals surface area (Å²) in [6, 6.07) is 0.507. The van der Waals surface area contributed by atoms with Crippen molar-refractivity contribution in [3.8, 4) is 0 Å². The molecule has 0 aliphatic heterocycles. The van der Waals surface area contributed by atoms with E-state index in [1.807, 2.05) is 25.1 Å². The summed E-state index contributed by atoms with van der Waals surface area (Å²) in [6.45, 7) is 5.89. The van der Waals surface area contributed by atoms with Crippen LogP contribution in [0.1, 0.15) is 89.8 Å². The first kappa shape index (κ1) is 18.9. The predicted molar refractivity (Wildman–Crippen MR) is 100 cm³/mol. The molecule has 0 unspecified atom stereocenters. The quantitative estimate of drug-likeness (QED) is 0.773. The molecule has 0 amide bonds. The summed E-state index contributed by atoms with van der Waals surface area (Å²) in [7, 11) is -3.49. The van der Waals surface area contributed by atoms with Gasteiger partial charge >= 0.3 is 0 Å². The molecule has 0 radical (unpaired) electrons. The van der Waals surface area contributed by atoms with Crippen molar-refractivity contribution in [1.82, 2.24) is 14.1 Å². The maximum absolute atomic E-state index is 13.7. The molecule has 25 heavy (non-hydrogen) atoms. The number of sulfonamides is 1. The van der Waals surface area contributed by atoms with Crippen molar-refractivity contribution in [1.29, 1.82) is 0 Å². The van der Waals surface area contributed by atoms with Crippen LogP contribution < -0.4 is 0 Å². The van der Waals surface area contributed by atoms with Gasteiger partial charge in [-0.3, -0.25) is 4.68 Å². The van der Waals surface area contributed by atoms with Gasteiger partial charge in [-0.25, -0.2) is 8.42 Å². The largest absolute Gasteiger partial charge is 0.269 e. The van der Waals surface area contributed by atoms with Crippen LogP contribution in [0.15, 0.2) is 11.1 Å². The summed E-state index contributed by atoms with van der Waals surface area (Å²) in [5.41, 5.74) is 0.630. The van der Waals surface area contributed by atoms with Crippen molar-refractivity contribution in [2.75, 3.05) is 0 Å². The molecular weight excluding hydrogens is 334 g/mol. The Kier molecular flexibility index (Phi) is 5.88. The van der Waals surface area contributed by atoms with Gasteiger partial charge in [-0.05, 0) is 46.5 Å². The Hall–Kier alpha value is -0.880. The van der Waals surface area contributed by atoms with Gasteiger partial charge in [-0.2, -0.15) is 9.40 Å². The van der Waals surface area contributed by atoms with Crippen molar-refractivity contribution in [2.24, 2.45) is 0 Å². The second kappa shape index (κ2) is 7.78. The van der Waals surface area contributed by atoms with Gasteiger partial charge in [0.2, 0.25) is 10.0 Å². The van der Waals surface area contributed by atoms with E-state index >= 15 is 0 Å². The number of hydrogen-bond donors (Lipinski definition) is 0. The molecule has 0 N–H and O–H groups in total. The molecule has 2 saturated carbocycles. The van der Waals surface area contributed by atoms with Gasteiger partial charge in [-0.15, -0.1) is 0 Å². The number of aromatic nitrogens is 2. The zero-order valence-electron chi connectivity index (χ0n) is 15.9. The molecule has 6 heteroatoms. The van der Waals surface area contributed by atoms with Crippen molar-refractivity contribution < 1.29 is 8.42 Å². The summed E-state index contributed by atoms with van der Waals surface area (Å²) < 4.78 is 31.0. The lowest BCUT2D eigenvalue weighted by Crippen LogP contribution is -2.48. The van der Waals surface area contributed by atoms with E-state index in [2.05, 4.69) is 5.10 Å². The van der Waals surface area contributed by atoms with E-state index in [-0.39, 0.29) is 18.1 Å². The minimum atomic E-state index is -3.49. The van der Waals surface area contributed by atoms with Crippen molar-refractivity contribution in [3.05, 3.63) is 11.9 Å². The normalized spacial score (nSPS) is 21.3. The first-order valence-electron chi connectivity index (χ1n) is 10.0. The lowest BCUT2D eigenvalue weighted by Gasteiger charge is -2.40. The number of rotatable bonds is 5. The zero-order chi connectivity index (χ0) is 18.0. The highest BCUT2D eigenvalue weighted by Gasteiger charge is 2.39. The monoisotopic (exact) mass is 367 g/mol. The molecule has 1 heterocycles. The van der Waals surface area contributed by atoms with Crippen LogP contribution in [-0.2, 0) is 10.0 Å². The third-order valence-electron chi connectivity index (χ3n) is 5.83. The molecule has 1 aromatic rings. The maximum Gasteiger partial charge on any atom is 0.246 e. The smallest absolute Gasteiger partial charge is 0.246 e. The number of nitrogens with zero attached hydrogens (tertiary/aromatic N) is 3. The summed E-state index contributed by atoms with van der Waals surface area (Å²) in [6.07, 6.45) is 12.8. The standard InChI is InChI=1S/C19H33N3O2S/c1-15(2)21-14-19(16(3)20-21)25(23,24)22(17-10-6-4-7-11-17)18-12-8-5-9-13-18/h14-15,17-18H,4-13H2,1-3H3. The molecule has 0 atom stereocenters. The van der Waals surface area contributed by atoms with E-state index in [1.165, 1.54) is 12.8 Å². The average molecular weight is 368 g/mol. The fraction of sp³-hybridized carbons (Fsp3) is 0.842. The Bertz CT molecular complexity index is 651. The zero-order valence-corrected chi connectivity index (χ0v) is 16.8. The second-order valence-corrected chi connectivity index (χ2v) is 9.88. The van der Waals surface area contributed by atoms with E-state index in [9.17, 15) is 8.42 Å². The predicted octanol–water partition coefficient (Wildman–Crippen LogP) is 4.43. The van der Waals surface area contributed by atoms with Crippen LogP contribution in [0, 0.1) is 6.92 Å². The molecule has 0 spiro atoms. The average Bonchev–Trinajstić information content (AvgIpc) is 3.00. The topological polar surface area (TPSA) is 55.2 Å². The summed E-state index contributed by atoms with van der Waals surface area (Å²) >= 11 is 0. The Morgan fingerprint density at radius 3 is 1.88 bits per heavy atom. The molecule has 0 bridgehead atoms. The summed E-state index contributed by atoms with van der Waals surface area (Å²) in [5.74, 6) is 0. The van der Waals surface area contributed by atoms with Crippen molar-refractivity contribution in [2.45, 2.75) is 108 Å². The van der Waals surface area contributed by atoms with Gasteiger partial charge in [0.25, 0.3) is 0 Å². The molecule has 0 saturated heterocycles. The third-order valence-corrected chi connectivity index (χ3v) is 7.93. The summed E-state index contributed by atoms with van der Waals surface area (Å²) in [4.78, 5) is 0.414. The van der Waals surface area contributed by atoms with Crippen LogP contribution in [-0.4, -0.2) is 34.6 Å². The van der Waals surface area contributed by atoms with Gasteiger partial charge in [0, 0.05) is 24.3 Å². The molecule has 2 fully saturated rings. The van der Waals surface area contributed by atoms with E-state index in [0.29, 0.717) is 10.6 Å². The van der Waals surface area contributed by atoms with Gasteiger partial charge in [0.15, 0.2) is 0 Å². The van der Waals surface area contributed by atoms with Gasteiger partial charge in [0.1, 0.15) is 4.90 Å². The Labute approximate surface area is 152 Å². The molecule has 5 nitrogen and oxygen atoms in total. The van der Waals surface area contributed by atoms with Crippen LogP contribution in [0.25, 0.3) is 0 Å². The number of aryl methyl sites for hydroxylation is 1. The first-order valence-corrected chi connectivity index (χ1v) is 11.4. The highest BCUT2D eigenvalue weighted by atomic mass is 32.2. The van der Waals surface area contributed by atoms with Crippen molar-refractivity contribution >= 4 is 10.0 Å².